The molecule has 4 aromatic rings. The molecule has 0 spiro atoms. The van der Waals surface area contributed by atoms with Crippen LogP contribution in [0, 0.1) is 13.8 Å². The molecule has 0 aliphatic rings. The van der Waals surface area contributed by atoms with Crippen LogP contribution in [-0.4, -0.2) is 0 Å². The highest BCUT2D eigenvalue weighted by Crippen LogP contribution is 2.36. The number of aryl methyl sites for hydroxylation is 2. The van der Waals surface area contributed by atoms with Crippen molar-refractivity contribution in [3.05, 3.63) is 77.9 Å². The van der Waals surface area contributed by atoms with Gasteiger partial charge in [0.1, 0.15) is 0 Å². The van der Waals surface area contributed by atoms with Crippen molar-refractivity contribution in [3.8, 4) is 11.1 Å². The van der Waals surface area contributed by atoms with E-state index in [-0.39, 0.29) is 0 Å². The first-order chi connectivity index (χ1) is 10.2. The zero-order valence-corrected chi connectivity index (χ0v) is 12.4. The van der Waals surface area contributed by atoms with Crippen LogP contribution in [0.1, 0.15) is 11.1 Å². The molecule has 0 aromatic heterocycles. The molecule has 0 heterocycles. The van der Waals surface area contributed by atoms with Crippen LogP contribution in [0.2, 0.25) is 0 Å². The van der Waals surface area contributed by atoms with Crippen LogP contribution in [0.3, 0.4) is 0 Å². The molecule has 0 N–H and O–H groups in total. The number of rotatable bonds is 1. The normalized spacial score (nSPS) is 11.3. The first kappa shape index (κ1) is 12.3. The minimum atomic E-state index is 1.30. The summed E-state index contributed by atoms with van der Waals surface area (Å²) >= 11 is 0. The van der Waals surface area contributed by atoms with E-state index >= 15 is 0 Å². The average molecular weight is 269 g/mol. The van der Waals surface area contributed by atoms with Gasteiger partial charge in [-0.3, -0.25) is 0 Å². The van der Waals surface area contributed by atoms with Crippen LogP contribution < -0.4 is 0 Å². The van der Waals surface area contributed by atoms with Gasteiger partial charge in [-0.15, -0.1) is 28.5 Å². The molecular weight excluding hydrogens is 252 g/mol. The van der Waals surface area contributed by atoms with Crippen LogP contribution in [0.15, 0.2) is 66.7 Å². The summed E-state index contributed by atoms with van der Waals surface area (Å²) in [6.45, 7) is 4.35. The molecule has 0 unspecified atom stereocenters. The first-order valence-electron chi connectivity index (χ1n) is 7.38. The summed E-state index contributed by atoms with van der Waals surface area (Å²) < 4.78 is 0. The molecule has 21 heavy (non-hydrogen) atoms. The molecule has 0 bridgehead atoms. The smallest absolute Gasteiger partial charge is 0.0186 e. The van der Waals surface area contributed by atoms with Crippen LogP contribution in [0.4, 0.5) is 0 Å². The van der Waals surface area contributed by atoms with Gasteiger partial charge in [0.05, 0.1) is 0 Å². The number of fused-ring (bicyclic) bond motifs is 2. The standard InChI is InChI=1S/C21H17/c1-14-10-17-11-15(2)13-21(20(17)12-14)19-9-5-7-16-6-3-4-8-18(16)19/h3-13H,1-2H3/q-1. The molecule has 0 fully saturated rings. The van der Waals surface area contributed by atoms with Gasteiger partial charge in [-0.2, -0.15) is 6.07 Å². The highest BCUT2D eigenvalue weighted by Gasteiger charge is 2.04. The van der Waals surface area contributed by atoms with Crippen LogP contribution in [0.5, 0.6) is 0 Å². The Morgan fingerprint density at radius 2 is 1.52 bits per heavy atom. The minimum absolute atomic E-state index is 1.30. The zero-order chi connectivity index (χ0) is 14.4. The van der Waals surface area contributed by atoms with Crippen molar-refractivity contribution in [3.63, 3.8) is 0 Å². The topological polar surface area (TPSA) is 0 Å². The maximum atomic E-state index is 2.31. The zero-order valence-electron chi connectivity index (χ0n) is 12.4. The van der Waals surface area contributed by atoms with Gasteiger partial charge in [-0.25, -0.2) is 0 Å². The highest BCUT2D eigenvalue weighted by molar-refractivity contribution is 6.06. The third-order valence-electron chi connectivity index (χ3n) is 4.19. The molecule has 0 amide bonds. The van der Waals surface area contributed by atoms with Crippen molar-refractivity contribution in [1.82, 2.24) is 0 Å². The summed E-state index contributed by atoms with van der Waals surface area (Å²) in [5.41, 5.74) is 5.32. The molecule has 0 saturated carbocycles. The number of benzene rings is 3. The maximum absolute atomic E-state index is 2.31. The third kappa shape index (κ3) is 1.95. The van der Waals surface area contributed by atoms with Gasteiger partial charge in [0, 0.05) is 0 Å². The lowest BCUT2D eigenvalue weighted by Crippen LogP contribution is -1.84. The summed E-state index contributed by atoms with van der Waals surface area (Å²) in [5.74, 6) is 0. The van der Waals surface area contributed by atoms with E-state index < -0.39 is 0 Å². The molecule has 102 valence electrons. The van der Waals surface area contributed by atoms with Gasteiger partial charge in [-0.1, -0.05) is 72.1 Å². The van der Waals surface area contributed by atoms with E-state index in [9.17, 15) is 0 Å². The average Bonchev–Trinajstić information content (AvgIpc) is 2.86. The Balaban J connectivity index is 2.13. The predicted octanol–water partition coefficient (Wildman–Crippen LogP) is 6.00. The van der Waals surface area contributed by atoms with E-state index in [1.165, 1.54) is 43.8 Å². The van der Waals surface area contributed by atoms with Gasteiger partial charge in [0.15, 0.2) is 0 Å². The van der Waals surface area contributed by atoms with Gasteiger partial charge < -0.3 is 0 Å². The van der Waals surface area contributed by atoms with Gasteiger partial charge in [0.25, 0.3) is 0 Å². The lowest BCUT2D eigenvalue weighted by molar-refractivity contribution is 1.51. The Kier molecular flexibility index (Phi) is 2.65. The molecule has 0 atom stereocenters. The third-order valence-corrected chi connectivity index (χ3v) is 4.19. The molecule has 0 heteroatoms. The fraction of sp³-hybridized carbons (Fsp3) is 0.0952. The maximum Gasteiger partial charge on any atom is -0.0186 e. The van der Waals surface area contributed by atoms with Gasteiger partial charge in [-0.05, 0) is 17.7 Å². The van der Waals surface area contributed by atoms with Gasteiger partial charge >= 0.3 is 0 Å². The monoisotopic (exact) mass is 269 g/mol. The SMILES string of the molecule is Cc1cc(-c2cccc3ccccc23)c2[cH-]c(C)cc2c1. The summed E-state index contributed by atoms with van der Waals surface area (Å²) in [4.78, 5) is 0. The van der Waals surface area contributed by atoms with E-state index in [1.54, 1.807) is 0 Å². The second-order valence-corrected chi connectivity index (χ2v) is 5.87. The highest BCUT2D eigenvalue weighted by atomic mass is 14.1. The largest absolute Gasteiger partial charge is 0.165 e. The van der Waals surface area contributed by atoms with E-state index in [0.29, 0.717) is 0 Å². The lowest BCUT2D eigenvalue weighted by Gasteiger charge is -2.15. The molecule has 0 saturated heterocycles. The van der Waals surface area contributed by atoms with Gasteiger partial charge in [0.2, 0.25) is 0 Å². The van der Waals surface area contributed by atoms with Crippen molar-refractivity contribution in [1.29, 1.82) is 0 Å². The van der Waals surface area contributed by atoms with Crippen LogP contribution in [0.25, 0.3) is 32.7 Å². The van der Waals surface area contributed by atoms with Crippen molar-refractivity contribution < 1.29 is 0 Å². The van der Waals surface area contributed by atoms with E-state index in [1.807, 2.05) is 0 Å². The molecular formula is C21H17-. The van der Waals surface area contributed by atoms with Crippen molar-refractivity contribution >= 4 is 21.5 Å². The van der Waals surface area contributed by atoms with E-state index in [0.717, 1.165) is 0 Å². The summed E-state index contributed by atoms with van der Waals surface area (Å²) in [6.07, 6.45) is 0. The van der Waals surface area contributed by atoms with Crippen molar-refractivity contribution in [2.24, 2.45) is 0 Å². The van der Waals surface area contributed by atoms with Crippen molar-refractivity contribution in [2.75, 3.05) is 0 Å². The lowest BCUT2D eigenvalue weighted by atomic mass is 9.94. The molecule has 0 nitrogen and oxygen atoms in total. The Labute approximate surface area is 125 Å². The summed E-state index contributed by atoms with van der Waals surface area (Å²) in [6, 6.07) is 24.3. The molecule has 0 radical (unpaired) electrons. The van der Waals surface area contributed by atoms with E-state index in [4.69, 9.17) is 0 Å². The fourth-order valence-corrected chi connectivity index (χ4v) is 3.30. The summed E-state index contributed by atoms with van der Waals surface area (Å²) in [7, 11) is 0. The quantitative estimate of drug-likeness (QED) is 0.372. The number of hydrogen-bond donors (Lipinski definition) is 0. The second kappa shape index (κ2) is 4.53. The first-order valence-corrected chi connectivity index (χ1v) is 7.38. The second-order valence-electron chi connectivity index (χ2n) is 5.87. The Morgan fingerprint density at radius 3 is 2.43 bits per heavy atom. The Bertz CT molecular complexity index is 949. The molecule has 0 aliphatic carbocycles. The minimum Gasteiger partial charge on any atom is -0.165 e. The fourth-order valence-electron chi connectivity index (χ4n) is 3.30. The van der Waals surface area contributed by atoms with E-state index in [2.05, 4.69) is 80.6 Å². The van der Waals surface area contributed by atoms with Crippen LogP contribution in [-0.2, 0) is 0 Å². The number of hydrogen-bond acceptors (Lipinski definition) is 0. The summed E-state index contributed by atoms with van der Waals surface area (Å²) in [5, 5.41) is 5.32. The molecule has 0 aliphatic heterocycles. The van der Waals surface area contributed by atoms with Crippen LogP contribution >= 0.6 is 0 Å². The Morgan fingerprint density at radius 1 is 0.714 bits per heavy atom. The molecule has 4 rings (SSSR count). The molecule has 4 aromatic carbocycles. The predicted molar refractivity (Wildman–Crippen MR) is 92.0 cm³/mol. The van der Waals surface area contributed by atoms with Crippen molar-refractivity contribution in [2.45, 2.75) is 13.8 Å². The Hall–Kier alpha value is -2.47.